The molecule has 0 amide bonds. The van der Waals surface area contributed by atoms with Crippen molar-refractivity contribution in [2.24, 2.45) is 0 Å². The first kappa shape index (κ1) is 12.1. The Bertz CT molecular complexity index is 243. The van der Waals surface area contributed by atoms with Gasteiger partial charge in [-0.2, -0.15) is 13.2 Å². The summed E-state index contributed by atoms with van der Waals surface area (Å²) in [7, 11) is -5.07. The first-order chi connectivity index (χ1) is 6.21. The first-order valence-electron chi connectivity index (χ1n) is 3.98. The van der Waals surface area contributed by atoms with Crippen LogP contribution in [0.5, 0.6) is 0 Å². The molecule has 0 aromatic heterocycles. The quantitative estimate of drug-likeness (QED) is 0.692. The maximum atomic E-state index is 11.9. The van der Waals surface area contributed by atoms with Crippen LogP contribution in [0.2, 0.25) is 13.1 Å². The first-order valence-corrected chi connectivity index (χ1v) is 8.11. The SMILES string of the molecule is C[Si]1(C)OCC(CS(=O)C(F)(F)F)O1. The highest BCUT2D eigenvalue weighted by Gasteiger charge is 2.42. The van der Waals surface area contributed by atoms with E-state index >= 15 is 0 Å². The molecule has 1 rings (SSSR count). The van der Waals surface area contributed by atoms with Crippen LogP contribution in [0.3, 0.4) is 0 Å². The second-order valence-corrected chi connectivity index (χ2v) is 8.22. The van der Waals surface area contributed by atoms with Crippen LogP contribution in [0.1, 0.15) is 0 Å². The molecule has 1 aliphatic rings. The summed E-state index contributed by atoms with van der Waals surface area (Å²) in [5.74, 6) is -0.528. The molecule has 8 heteroatoms. The lowest BCUT2D eigenvalue weighted by Crippen LogP contribution is -2.32. The molecule has 14 heavy (non-hydrogen) atoms. The molecule has 0 aliphatic carbocycles. The standard InChI is InChI=1S/C6H11F3O3SSi/c1-14(2)11-3-5(12-14)4-13(10)6(7,8)9/h5H,3-4H2,1-2H3. The van der Waals surface area contributed by atoms with E-state index in [0.717, 1.165) is 0 Å². The Morgan fingerprint density at radius 1 is 1.50 bits per heavy atom. The van der Waals surface area contributed by atoms with E-state index in [2.05, 4.69) is 0 Å². The molecular weight excluding hydrogens is 237 g/mol. The van der Waals surface area contributed by atoms with Crippen LogP contribution in [-0.2, 0) is 19.7 Å². The fourth-order valence-corrected chi connectivity index (χ4v) is 3.53. The van der Waals surface area contributed by atoms with Crippen molar-refractivity contribution in [3.8, 4) is 0 Å². The molecule has 0 saturated carbocycles. The van der Waals surface area contributed by atoms with Crippen molar-refractivity contribution in [2.45, 2.75) is 24.7 Å². The zero-order valence-corrected chi connectivity index (χ0v) is 9.57. The summed E-state index contributed by atoms with van der Waals surface area (Å²) in [6, 6.07) is 0. The van der Waals surface area contributed by atoms with E-state index in [-0.39, 0.29) is 6.61 Å². The molecule has 1 fully saturated rings. The van der Waals surface area contributed by atoms with Crippen LogP contribution in [0, 0.1) is 0 Å². The monoisotopic (exact) mass is 248 g/mol. The maximum absolute atomic E-state index is 11.9. The largest absolute Gasteiger partial charge is 0.471 e. The topological polar surface area (TPSA) is 35.5 Å². The minimum atomic E-state index is -4.66. The second kappa shape index (κ2) is 3.91. The van der Waals surface area contributed by atoms with Gasteiger partial charge in [-0.25, -0.2) is 0 Å². The molecule has 0 spiro atoms. The predicted octanol–water partition coefficient (Wildman–Crippen LogP) is 1.37. The maximum Gasteiger partial charge on any atom is 0.471 e. The summed E-state index contributed by atoms with van der Waals surface area (Å²) in [6.45, 7) is 3.59. The number of hydrogen-bond donors (Lipinski definition) is 0. The van der Waals surface area contributed by atoms with Crippen molar-refractivity contribution >= 4 is 19.4 Å². The summed E-state index contributed by atoms with van der Waals surface area (Å²) in [6.07, 6.45) is -0.681. The zero-order chi connectivity index (χ0) is 11.0. The zero-order valence-electron chi connectivity index (χ0n) is 7.76. The van der Waals surface area contributed by atoms with E-state index in [1.807, 2.05) is 0 Å². The van der Waals surface area contributed by atoms with Gasteiger partial charge >= 0.3 is 14.1 Å². The molecular formula is C6H11F3O3SSi. The molecule has 0 bridgehead atoms. The van der Waals surface area contributed by atoms with Crippen molar-refractivity contribution in [1.29, 1.82) is 0 Å². The highest BCUT2D eigenvalue weighted by atomic mass is 32.2. The van der Waals surface area contributed by atoms with Crippen molar-refractivity contribution in [2.75, 3.05) is 12.4 Å². The van der Waals surface area contributed by atoms with E-state index in [1.165, 1.54) is 0 Å². The summed E-state index contributed by atoms with van der Waals surface area (Å²) in [4.78, 5) is 0. The highest BCUT2D eigenvalue weighted by molar-refractivity contribution is 7.85. The van der Waals surface area contributed by atoms with Gasteiger partial charge in [-0.3, -0.25) is 4.21 Å². The number of rotatable bonds is 2. The fraction of sp³-hybridized carbons (Fsp3) is 1.00. The number of halogens is 3. The third-order valence-corrected chi connectivity index (χ3v) is 4.62. The summed E-state index contributed by atoms with van der Waals surface area (Å²) in [5.41, 5.74) is -4.66. The van der Waals surface area contributed by atoms with Crippen LogP contribution in [-0.4, -0.2) is 36.7 Å². The van der Waals surface area contributed by atoms with Crippen LogP contribution >= 0.6 is 0 Å². The molecule has 1 saturated heterocycles. The fourth-order valence-electron chi connectivity index (χ4n) is 1.11. The molecule has 3 nitrogen and oxygen atoms in total. The van der Waals surface area contributed by atoms with Crippen molar-refractivity contribution in [1.82, 2.24) is 0 Å². The third-order valence-electron chi connectivity index (χ3n) is 1.66. The van der Waals surface area contributed by atoms with Crippen LogP contribution < -0.4 is 0 Å². The van der Waals surface area contributed by atoms with Gasteiger partial charge in [0.05, 0.1) is 18.5 Å². The van der Waals surface area contributed by atoms with Gasteiger partial charge in [-0.1, -0.05) is 0 Å². The second-order valence-electron chi connectivity index (χ2n) is 3.41. The van der Waals surface area contributed by atoms with Crippen LogP contribution in [0.15, 0.2) is 0 Å². The summed E-state index contributed by atoms with van der Waals surface area (Å²) in [5, 5.41) is 0. The van der Waals surface area contributed by atoms with Crippen LogP contribution in [0.25, 0.3) is 0 Å². The average Bonchev–Trinajstić information content (AvgIpc) is 2.28. The minimum Gasteiger partial charge on any atom is -0.392 e. The van der Waals surface area contributed by atoms with Gasteiger partial charge in [0, 0.05) is 0 Å². The molecule has 2 unspecified atom stereocenters. The van der Waals surface area contributed by atoms with Gasteiger partial charge in [0.25, 0.3) is 0 Å². The Hall–Kier alpha value is 0.0769. The lowest BCUT2D eigenvalue weighted by atomic mass is 10.4. The van der Waals surface area contributed by atoms with Crippen molar-refractivity contribution in [3.05, 3.63) is 0 Å². The van der Waals surface area contributed by atoms with Gasteiger partial charge in [-0.15, -0.1) is 0 Å². The molecule has 0 radical (unpaired) electrons. The lowest BCUT2D eigenvalue weighted by molar-refractivity contribution is -0.0389. The van der Waals surface area contributed by atoms with E-state index in [1.54, 1.807) is 13.1 Å². The van der Waals surface area contributed by atoms with Gasteiger partial charge in [0.1, 0.15) is 10.8 Å². The average molecular weight is 248 g/mol. The van der Waals surface area contributed by atoms with E-state index in [9.17, 15) is 17.4 Å². The summed E-state index contributed by atoms with van der Waals surface area (Å²) < 4.78 is 56.8. The predicted molar refractivity (Wildman–Crippen MR) is 47.4 cm³/mol. The van der Waals surface area contributed by atoms with Gasteiger partial charge < -0.3 is 8.85 Å². The van der Waals surface area contributed by atoms with Gasteiger partial charge in [0.2, 0.25) is 0 Å². The van der Waals surface area contributed by atoms with E-state index in [0.29, 0.717) is 0 Å². The van der Waals surface area contributed by atoms with Gasteiger partial charge in [0.15, 0.2) is 0 Å². The molecule has 0 aromatic carbocycles. The molecule has 1 aliphatic heterocycles. The Morgan fingerprint density at radius 3 is 2.43 bits per heavy atom. The smallest absolute Gasteiger partial charge is 0.392 e. The molecule has 1 heterocycles. The number of hydrogen-bond acceptors (Lipinski definition) is 3. The Labute approximate surface area is 83.3 Å². The number of alkyl halides is 3. The van der Waals surface area contributed by atoms with Crippen LogP contribution in [0.4, 0.5) is 13.2 Å². The highest BCUT2D eigenvalue weighted by Crippen LogP contribution is 2.24. The van der Waals surface area contributed by atoms with E-state index in [4.69, 9.17) is 8.85 Å². The molecule has 0 N–H and O–H groups in total. The molecule has 2 atom stereocenters. The van der Waals surface area contributed by atoms with Crippen molar-refractivity contribution in [3.63, 3.8) is 0 Å². The Balaban J connectivity index is 2.44. The molecule has 0 aromatic rings. The Morgan fingerprint density at radius 2 is 2.07 bits per heavy atom. The summed E-state index contributed by atoms with van der Waals surface area (Å²) >= 11 is 0. The third kappa shape index (κ3) is 3.34. The van der Waals surface area contributed by atoms with E-state index < -0.39 is 36.7 Å². The lowest BCUT2D eigenvalue weighted by Gasteiger charge is -2.14. The minimum absolute atomic E-state index is 0.112. The molecule has 84 valence electrons. The van der Waals surface area contributed by atoms with Gasteiger partial charge in [-0.05, 0) is 13.1 Å². The Kier molecular flexibility index (Phi) is 3.40. The normalized spacial score (nSPS) is 29.1. The van der Waals surface area contributed by atoms with Crippen molar-refractivity contribution < 1.29 is 26.2 Å².